The highest BCUT2D eigenvalue weighted by Gasteiger charge is 2.04. The molecule has 1 rings (SSSR count). The number of rotatable bonds is 6. The van der Waals surface area contributed by atoms with E-state index in [-0.39, 0.29) is 18.6 Å². The molecule has 0 bridgehead atoms. The van der Waals surface area contributed by atoms with Gasteiger partial charge in [-0.2, -0.15) is 5.10 Å². The summed E-state index contributed by atoms with van der Waals surface area (Å²) in [4.78, 5) is 22.1. The molecule has 0 unspecified atom stereocenters. The van der Waals surface area contributed by atoms with Crippen LogP contribution in [0.25, 0.3) is 0 Å². The molecular weight excluding hydrogens is 264 g/mol. The van der Waals surface area contributed by atoms with Gasteiger partial charge in [0.15, 0.2) is 11.5 Å². The maximum absolute atomic E-state index is 11.3. The van der Waals surface area contributed by atoms with Crippen LogP contribution in [0.3, 0.4) is 0 Å². The van der Waals surface area contributed by atoms with Crippen LogP contribution in [0, 0.1) is 0 Å². The Morgan fingerprint density at radius 2 is 2.10 bits per heavy atom. The third kappa shape index (κ3) is 4.94. The van der Waals surface area contributed by atoms with Crippen molar-refractivity contribution in [1.29, 1.82) is 0 Å². The van der Waals surface area contributed by atoms with Crippen molar-refractivity contribution in [2.45, 2.75) is 12.8 Å². The first-order valence-electron chi connectivity index (χ1n) is 5.75. The van der Waals surface area contributed by atoms with Crippen molar-refractivity contribution in [3.8, 4) is 11.5 Å². The van der Waals surface area contributed by atoms with Crippen molar-refractivity contribution < 1.29 is 19.4 Å². The van der Waals surface area contributed by atoms with Gasteiger partial charge in [-0.1, -0.05) is 0 Å². The van der Waals surface area contributed by atoms with Crippen molar-refractivity contribution in [3.63, 3.8) is 0 Å². The number of aromatic hydroxyl groups is 1. The van der Waals surface area contributed by atoms with Crippen LogP contribution in [0.4, 0.5) is 0 Å². The van der Waals surface area contributed by atoms with Crippen LogP contribution in [0.2, 0.25) is 0 Å². The zero-order valence-electron chi connectivity index (χ0n) is 10.9. The fourth-order valence-electron chi connectivity index (χ4n) is 1.31. The molecule has 1 aromatic carbocycles. The first-order chi connectivity index (χ1) is 9.56. The smallest absolute Gasteiger partial charge is 0.240 e. The molecule has 0 aliphatic heterocycles. The molecule has 108 valence electrons. The van der Waals surface area contributed by atoms with Crippen molar-refractivity contribution in [3.05, 3.63) is 23.8 Å². The average Bonchev–Trinajstić information content (AvgIpc) is 2.46. The van der Waals surface area contributed by atoms with Gasteiger partial charge in [0, 0.05) is 12.8 Å². The molecule has 0 aliphatic carbocycles. The van der Waals surface area contributed by atoms with Gasteiger partial charge in [-0.25, -0.2) is 11.3 Å². The van der Waals surface area contributed by atoms with Crippen LogP contribution in [-0.4, -0.2) is 30.2 Å². The standard InChI is InChI=1S/C12H16N4O4/c1-20-10-6-8(2-3-9(10)17)7-14-16-12(19)5-4-11(18)15-13/h2-3,6-7,17H,4-5,13H2,1H3,(H,15,18)(H,16,19)/b14-7-. The number of phenolic OH excluding ortho intramolecular Hbond substituents is 1. The topological polar surface area (TPSA) is 126 Å². The van der Waals surface area contributed by atoms with Crippen LogP contribution in [0.5, 0.6) is 11.5 Å². The predicted molar refractivity (Wildman–Crippen MR) is 72.0 cm³/mol. The molecule has 2 amide bonds. The molecule has 0 fully saturated rings. The minimum absolute atomic E-state index is 0.00904. The lowest BCUT2D eigenvalue weighted by Crippen LogP contribution is -2.31. The molecule has 8 heteroatoms. The second-order valence-electron chi connectivity index (χ2n) is 3.79. The fraction of sp³-hybridized carbons (Fsp3) is 0.250. The highest BCUT2D eigenvalue weighted by Crippen LogP contribution is 2.25. The number of ether oxygens (including phenoxy) is 1. The first-order valence-corrected chi connectivity index (χ1v) is 5.75. The molecule has 0 aromatic heterocycles. The Balaban J connectivity index is 2.48. The number of carbonyl (C=O) groups excluding carboxylic acids is 2. The normalized spacial score (nSPS) is 10.3. The second kappa shape index (κ2) is 7.74. The largest absolute Gasteiger partial charge is 0.504 e. The summed E-state index contributed by atoms with van der Waals surface area (Å²) in [5.41, 5.74) is 4.83. The Morgan fingerprint density at radius 1 is 1.40 bits per heavy atom. The number of hydrogen-bond acceptors (Lipinski definition) is 6. The van der Waals surface area contributed by atoms with Crippen LogP contribution in [0.1, 0.15) is 18.4 Å². The van der Waals surface area contributed by atoms with Crippen LogP contribution < -0.4 is 21.4 Å². The van der Waals surface area contributed by atoms with Gasteiger partial charge in [-0.05, 0) is 23.8 Å². The summed E-state index contributed by atoms with van der Waals surface area (Å²) < 4.78 is 4.94. The first kappa shape index (κ1) is 15.4. The van der Waals surface area contributed by atoms with Crippen molar-refractivity contribution in [2.75, 3.05) is 7.11 Å². The molecule has 0 aliphatic rings. The van der Waals surface area contributed by atoms with Gasteiger partial charge in [-0.3, -0.25) is 15.0 Å². The summed E-state index contributed by atoms with van der Waals surface area (Å²) in [5, 5.41) is 13.1. The SMILES string of the molecule is COc1cc(/C=N\NC(=O)CCC(=O)NN)ccc1O. The Bertz CT molecular complexity index is 516. The number of benzene rings is 1. The lowest BCUT2D eigenvalue weighted by Gasteiger charge is -2.03. The Kier molecular flexibility index (Phi) is 5.98. The molecule has 0 radical (unpaired) electrons. The number of hydrazine groups is 1. The molecular formula is C12H16N4O4. The number of hydrogen-bond donors (Lipinski definition) is 4. The Morgan fingerprint density at radius 3 is 2.75 bits per heavy atom. The van der Waals surface area contributed by atoms with Gasteiger partial charge in [-0.15, -0.1) is 0 Å². The molecule has 20 heavy (non-hydrogen) atoms. The number of nitrogens with one attached hydrogen (secondary N) is 2. The summed E-state index contributed by atoms with van der Waals surface area (Å²) in [6.07, 6.45) is 1.37. The summed E-state index contributed by atoms with van der Waals surface area (Å²) in [6, 6.07) is 4.62. The molecule has 0 spiro atoms. The fourth-order valence-corrected chi connectivity index (χ4v) is 1.31. The maximum atomic E-state index is 11.3. The molecule has 0 saturated carbocycles. The molecule has 0 saturated heterocycles. The molecule has 8 nitrogen and oxygen atoms in total. The number of amides is 2. The zero-order valence-corrected chi connectivity index (χ0v) is 10.9. The van der Waals surface area contributed by atoms with Crippen LogP contribution in [-0.2, 0) is 9.59 Å². The monoisotopic (exact) mass is 280 g/mol. The van der Waals surface area contributed by atoms with Gasteiger partial charge >= 0.3 is 0 Å². The van der Waals surface area contributed by atoms with E-state index in [1.165, 1.54) is 19.4 Å². The van der Waals surface area contributed by atoms with Gasteiger partial charge in [0.1, 0.15) is 0 Å². The van der Waals surface area contributed by atoms with Gasteiger partial charge < -0.3 is 9.84 Å². The van der Waals surface area contributed by atoms with E-state index in [2.05, 4.69) is 10.5 Å². The van der Waals surface area contributed by atoms with E-state index in [1.54, 1.807) is 12.1 Å². The van der Waals surface area contributed by atoms with E-state index in [9.17, 15) is 14.7 Å². The van der Waals surface area contributed by atoms with Crippen molar-refractivity contribution in [2.24, 2.45) is 10.9 Å². The van der Waals surface area contributed by atoms with E-state index >= 15 is 0 Å². The number of nitrogens with zero attached hydrogens (tertiary/aromatic N) is 1. The molecule has 5 N–H and O–H groups in total. The van der Waals surface area contributed by atoms with E-state index in [1.807, 2.05) is 5.43 Å². The predicted octanol–water partition coefficient (Wildman–Crippen LogP) is -0.379. The van der Waals surface area contributed by atoms with E-state index < -0.39 is 11.8 Å². The lowest BCUT2D eigenvalue weighted by molar-refractivity contribution is -0.126. The summed E-state index contributed by atoms with van der Waals surface area (Å²) in [7, 11) is 1.43. The van der Waals surface area contributed by atoms with E-state index in [0.717, 1.165) is 0 Å². The molecule has 1 aromatic rings. The third-order valence-electron chi connectivity index (χ3n) is 2.35. The second-order valence-corrected chi connectivity index (χ2v) is 3.79. The molecule has 0 heterocycles. The van der Waals surface area contributed by atoms with Crippen LogP contribution >= 0.6 is 0 Å². The van der Waals surface area contributed by atoms with Gasteiger partial charge in [0.25, 0.3) is 0 Å². The zero-order chi connectivity index (χ0) is 15.0. The number of hydrazone groups is 1. The van der Waals surface area contributed by atoms with Crippen molar-refractivity contribution >= 4 is 18.0 Å². The Labute approximate surface area is 115 Å². The summed E-state index contributed by atoms with van der Waals surface area (Å²) in [6.45, 7) is 0. The quantitative estimate of drug-likeness (QED) is 0.244. The maximum Gasteiger partial charge on any atom is 0.240 e. The highest BCUT2D eigenvalue weighted by atomic mass is 16.5. The number of phenols is 1. The molecule has 0 atom stereocenters. The average molecular weight is 280 g/mol. The highest BCUT2D eigenvalue weighted by molar-refractivity contribution is 5.85. The summed E-state index contributed by atoms with van der Waals surface area (Å²) >= 11 is 0. The lowest BCUT2D eigenvalue weighted by atomic mass is 10.2. The van der Waals surface area contributed by atoms with Gasteiger partial charge in [0.05, 0.1) is 13.3 Å². The third-order valence-corrected chi connectivity index (χ3v) is 2.35. The minimum Gasteiger partial charge on any atom is -0.504 e. The minimum atomic E-state index is -0.424. The number of carbonyl (C=O) groups is 2. The summed E-state index contributed by atoms with van der Waals surface area (Å²) in [5.74, 6) is 4.37. The van der Waals surface area contributed by atoms with Crippen LogP contribution in [0.15, 0.2) is 23.3 Å². The number of nitrogens with two attached hydrogens (primary N) is 1. The van der Waals surface area contributed by atoms with Crippen molar-refractivity contribution in [1.82, 2.24) is 10.9 Å². The van der Waals surface area contributed by atoms with E-state index in [0.29, 0.717) is 11.3 Å². The number of methoxy groups -OCH3 is 1. The Hall–Kier alpha value is -2.61. The van der Waals surface area contributed by atoms with Gasteiger partial charge in [0.2, 0.25) is 11.8 Å². The van der Waals surface area contributed by atoms with E-state index in [4.69, 9.17) is 10.6 Å².